The molecular weight excluding hydrogens is 216 g/mol. The third-order valence-electron chi connectivity index (χ3n) is 6.78. The average molecular weight is 250 g/mol. The highest BCUT2D eigenvalue weighted by atomic mass is 14.6. The molecule has 0 nitrogen and oxygen atoms in total. The molecule has 0 spiro atoms. The lowest BCUT2D eigenvalue weighted by molar-refractivity contribution is -0.0445. The normalized spacial score (nSPS) is 49.0. The molecule has 0 radical (unpaired) electrons. The van der Waals surface area contributed by atoms with Gasteiger partial charge in [0, 0.05) is 0 Å². The molecule has 0 aromatic carbocycles. The van der Waals surface area contributed by atoms with Crippen LogP contribution in [0.5, 0.6) is 0 Å². The molecule has 2 fully saturated rings. The summed E-state index contributed by atoms with van der Waals surface area (Å²) in [6.07, 6.45) is 2.90. The van der Waals surface area contributed by atoms with Gasteiger partial charge in [-0.1, -0.05) is 54.9 Å². The number of hydrogen-bond acceptors (Lipinski definition) is 0. The van der Waals surface area contributed by atoms with Gasteiger partial charge in [0.1, 0.15) is 0 Å². The minimum absolute atomic E-state index is 0.881. The topological polar surface area (TPSA) is 0 Å². The lowest BCUT2D eigenvalue weighted by Crippen LogP contribution is -2.47. The molecular formula is C18H34. The van der Waals surface area contributed by atoms with Crippen LogP contribution >= 0.6 is 0 Å². The van der Waals surface area contributed by atoms with Crippen LogP contribution in [0.2, 0.25) is 0 Å². The molecule has 8 atom stereocenters. The molecule has 2 aliphatic rings. The fourth-order valence-electron chi connectivity index (χ4n) is 5.56. The fourth-order valence-corrected chi connectivity index (χ4v) is 5.56. The molecule has 0 saturated heterocycles. The maximum Gasteiger partial charge on any atom is -0.0329 e. The summed E-state index contributed by atoms with van der Waals surface area (Å²) in [4.78, 5) is 0. The molecule has 0 aromatic heterocycles. The summed E-state index contributed by atoms with van der Waals surface area (Å²) < 4.78 is 0. The average Bonchev–Trinajstić information content (AvgIpc) is 2.97. The Hall–Kier alpha value is 0. The molecule has 0 aromatic rings. The first-order chi connectivity index (χ1) is 8.40. The summed E-state index contributed by atoms with van der Waals surface area (Å²) >= 11 is 0. The van der Waals surface area contributed by atoms with Crippen molar-refractivity contribution in [3.8, 4) is 0 Å². The zero-order chi connectivity index (χ0) is 13.6. The maximum absolute atomic E-state index is 2.53. The van der Waals surface area contributed by atoms with Crippen molar-refractivity contribution in [1.29, 1.82) is 0 Å². The lowest BCUT2D eigenvalue weighted by Gasteiger charge is -2.53. The van der Waals surface area contributed by atoms with Crippen molar-refractivity contribution in [2.75, 3.05) is 0 Å². The Balaban J connectivity index is 1.89. The maximum atomic E-state index is 2.53. The molecule has 0 heteroatoms. The summed E-state index contributed by atoms with van der Waals surface area (Å²) in [7, 11) is 0. The van der Waals surface area contributed by atoms with Crippen LogP contribution in [0.3, 0.4) is 0 Å². The highest BCUT2D eigenvalue weighted by Gasteiger charge is 2.51. The van der Waals surface area contributed by atoms with Crippen LogP contribution in [-0.2, 0) is 0 Å². The van der Waals surface area contributed by atoms with E-state index >= 15 is 0 Å². The van der Waals surface area contributed by atoms with Crippen molar-refractivity contribution < 1.29 is 0 Å². The standard InChI is InChI=1S/C18H34/c1-8-15-14(7)18(15)11(4)9-16-12(5)13(6)17(16)10(2)3/h10-18H,8-9H2,1-7H3. The Bertz CT molecular complexity index is 280. The van der Waals surface area contributed by atoms with E-state index in [1.807, 2.05) is 0 Å². The third-order valence-corrected chi connectivity index (χ3v) is 6.78. The van der Waals surface area contributed by atoms with Crippen LogP contribution in [0.25, 0.3) is 0 Å². The first kappa shape index (κ1) is 14.4. The smallest absolute Gasteiger partial charge is 0.0329 e. The van der Waals surface area contributed by atoms with Crippen molar-refractivity contribution in [3.05, 3.63) is 0 Å². The Morgan fingerprint density at radius 1 is 0.778 bits per heavy atom. The lowest BCUT2D eigenvalue weighted by atomic mass is 9.52. The van der Waals surface area contributed by atoms with Gasteiger partial charge in [0.2, 0.25) is 0 Å². The van der Waals surface area contributed by atoms with Crippen molar-refractivity contribution in [1.82, 2.24) is 0 Å². The zero-order valence-corrected chi connectivity index (χ0v) is 13.6. The molecule has 0 amide bonds. The Kier molecular flexibility index (Phi) is 4.14. The van der Waals surface area contributed by atoms with E-state index < -0.39 is 0 Å². The van der Waals surface area contributed by atoms with E-state index in [0.29, 0.717) is 0 Å². The van der Waals surface area contributed by atoms with Gasteiger partial charge < -0.3 is 0 Å². The van der Waals surface area contributed by atoms with E-state index in [1.54, 1.807) is 0 Å². The minimum Gasteiger partial charge on any atom is -0.0651 e. The zero-order valence-electron chi connectivity index (χ0n) is 13.6. The van der Waals surface area contributed by atoms with Gasteiger partial charge in [-0.15, -0.1) is 0 Å². The number of hydrogen-bond donors (Lipinski definition) is 0. The molecule has 18 heavy (non-hydrogen) atoms. The molecule has 0 heterocycles. The molecule has 2 rings (SSSR count). The largest absolute Gasteiger partial charge is 0.0651 e. The van der Waals surface area contributed by atoms with E-state index in [1.165, 1.54) is 12.8 Å². The highest BCUT2D eigenvalue weighted by Crippen LogP contribution is 2.58. The van der Waals surface area contributed by atoms with Gasteiger partial charge in [-0.25, -0.2) is 0 Å². The highest BCUT2D eigenvalue weighted by molar-refractivity contribution is 5.00. The van der Waals surface area contributed by atoms with Crippen LogP contribution < -0.4 is 0 Å². The van der Waals surface area contributed by atoms with Gasteiger partial charge in [0.15, 0.2) is 0 Å². The van der Waals surface area contributed by atoms with Crippen LogP contribution in [0, 0.1) is 53.3 Å². The first-order valence-corrected chi connectivity index (χ1v) is 8.40. The van der Waals surface area contributed by atoms with E-state index in [4.69, 9.17) is 0 Å². The second-order valence-electron chi connectivity index (χ2n) is 7.93. The summed E-state index contributed by atoms with van der Waals surface area (Å²) in [5.74, 6) is 8.89. The monoisotopic (exact) mass is 250 g/mol. The first-order valence-electron chi connectivity index (χ1n) is 8.40. The Morgan fingerprint density at radius 3 is 1.83 bits per heavy atom. The fraction of sp³-hybridized carbons (Fsp3) is 1.00. The van der Waals surface area contributed by atoms with Gasteiger partial charge in [-0.3, -0.25) is 0 Å². The van der Waals surface area contributed by atoms with E-state index in [0.717, 1.165) is 53.3 Å². The molecule has 8 unspecified atom stereocenters. The van der Waals surface area contributed by atoms with Crippen molar-refractivity contribution in [2.45, 2.75) is 61.3 Å². The minimum atomic E-state index is 0.881. The number of rotatable bonds is 5. The van der Waals surface area contributed by atoms with Gasteiger partial charge in [0.25, 0.3) is 0 Å². The molecule has 0 N–H and O–H groups in total. The molecule has 2 aliphatic carbocycles. The van der Waals surface area contributed by atoms with Gasteiger partial charge in [-0.05, 0) is 59.7 Å². The van der Waals surface area contributed by atoms with E-state index in [9.17, 15) is 0 Å². The van der Waals surface area contributed by atoms with Gasteiger partial charge in [0.05, 0.1) is 0 Å². The van der Waals surface area contributed by atoms with Crippen LogP contribution in [-0.4, -0.2) is 0 Å². The van der Waals surface area contributed by atoms with Crippen molar-refractivity contribution in [3.63, 3.8) is 0 Å². The van der Waals surface area contributed by atoms with Gasteiger partial charge >= 0.3 is 0 Å². The van der Waals surface area contributed by atoms with E-state index in [2.05, 4.69) is 48.5 Å². The summed E-state index contributed by atoms with van der Waals surface area (Å²) in [6.45, 7) is 17.2. The summed E-state index contributed by atoms with van der Waals surface area (Å²) in [6, 6.07) is 0. The Morgan fingerprint density at radius 2 is 1.39 bits per heavy atom. The second-order valence-corrected chi connectivity index (χ2v) is 7.93. The summed E-state index contributed by atoms with van der Waals surface area (Å²) in [5.41, 5.74) is 0. The van der Waals surface area contributed by atoms with Crippen LogP contribution in [0.4, 0.5) is 0 Å². The third kappa shape index (κ3) is 2.25. The van der Waals surface area contributed by atoms with Gasteiger partial charge in [-0.2, -0.15) is 0 Å². The van der Waals surface area contributed by atoms with Crippen LogP contribution in [0.15, 0.2) is 0 Å². The predicted molar refractivity (Wildman–Crippen MR) is 80.4 cm³/mol. The Labute approximate surface area is 115 Å². The van der Waals surface area contributed by atoms with E-state index in [-0.39, 0.29) is 0 Å². The molecule has 106 valence electrons. The molecule has 0 aliphatic heterocycles. The molecule has 2 saturated carbocycles. The quantitative estimate of drug-likeness (QED) is 0.606. The SMILES string of the molecule is CCC1C(C)C1C(C)CC1C(C)C(C)C1C(C)C. The van der Waals surface area contributed by atoms with Crippen molar-refractivity contribution in [2.24, 2.45) is 53.3 Å². The van der Waals surface area contributed by atoms with Crippen molar-refractivity contribution >= 4 is 0 Å². The van der Waals surface area contributed by atoms with Crippen LogP contribution in [0.1, 0.15) is 61.3 Å². The summed E-state index contributed by atoms with van der Waals surface area (Å²) in [5, 5.41) is 0. The second kappa shape index (κ2) is 5.17. The molecule has 0 bridgehead atoms. The predicted octanol–water partition coefficient (Wildman–Crippen LogP) is 5.48.